The van der Waals surface area contributed by atoms with Crippen molar-refractivity contribution in [1.29, 1.82) is 0 Å². The van der Waals surface area contributed by atoms with E-state index in [9.17, 15) is 9.59 Å². The Bertz CT molecular complexity index is 1020. The van der Waals surface area contributed by atoms with E-state index >= 15 is 0 Å². The molecule has 1 saturated carbocycles. The maximum absolute atomic E-state index is 12.5. The van der Waals surface area contributed by atoms with Crippen LogP contribution in [0.2, 0.25) is 0 Å². The fourth-order valence-electron chi connectivity index (χ4n) is 3.34. The normalized spacial score (nSPS) is 14.6. The van der Waals surface area contributed by atoms with Crippen molar-refractivity contribution in [1.82, 2.24) is 25.2 Å². The van der Waals surface area contributed by atoms with E-state index in [0.29, 0.717) is 42.9 Å². The molecule has 1 fully saturated rings. The molecule has 2 aromatic heterocycles. The number of aromatic nitrogens is 3. The number of ether oxygens (including phenoxy) is 1. The Morgan fingerprint density at radius 1 is 1.23 bits per heavy atom. The van der Waals surface area contributed by atoms with Crippen LogP contribution in [0.1, 0.15) is 70.5 Å². The number of carbonyl (C=O) groups excluding carboxylic acids is 2. The molecule has 2 aromatic rings. The van der Waals surface area contributed by atoms with Gasteiger partial charge in [0, 0.05) is 43.7 Å². The lowest BCUT2D eigenvalue weighted by molar-refractivity contribution is -0.125. The van der Waals surface area contributed by atoms with Crippen LogP contribution in [0.4, 0.5) is 21.6 Å². The van der Waals surface area contributed by atoms with Gasteiger partial charge in [-0.25, -0.2) is 19.7 Å². The highest BCUT2D eigenvalue weighted by atomic mass is 32.1. The van der Waals surface area contributed by atoms with E-state index in [0.717, 1.165) is 5.13 Å². The Morgan fingerprint density at radius 3 is 2.57 bits per heavy atom. The number of rotatable bonds is 10. The minimum Gasteiger partial charge on any atom is -0.444 e. The van der Waals surface area contributed by atoms with Gasteiger partial charge < -0.3 is 20.7 Å². The molecule has 0 aliphatic heterocycles. The molecule has 10 nitrogen and oxygen atoms in total. The number of aryl methyl sites for hydroxylation is 1. The molecule has 3 N–H and O–H groups in total. The fraction of sp³-hybridized carbons (Fsp3) is 0.625. The third-order valence-electron chi connectivity index (χ3n) is 5.73. The summed E-state index contributed by atoms with van der Waals surface area (Å²) in [5, 5.41) is 10.2. The summed E-state index contributed by atoms with van der Waals surface area (Å²) in [4.78, 5) is 40.9. The van der Waals surface area contributed by atoms with Gasteiger partial charge in [-0.05, 0) is 46.5 Å². The first-order chi connectivity index (χ1) is 16.6. The van der Waals surface area contributed by atoms with Gasteiger partial charge in [0.15, 0.2) is 5.13 Å². The second-order valence-corrected chi connectivity index (χ2v) is 10.8. The van der Waals surface area contributed by atoms with Crippen LogP contribution in [0.25, 0.3) is 0 Å². The molecule has 11 heteroatoms. The number of nitrogens with one attached hydrogen (secondary N) is 3. The lowest BCUT2D eigenvalue weighted by Crippen LogP contribution is -2.48. The molecule has 192 valence electrons. The minimum absolute atomic E-state index is 0.259. The smallest absolute Gasteiger partial charge is 0.410 e. The summed E-state index contributed by atoms with van der Waals surface area (Å²) in [5.41, 5.74) is -0.619. The van der Waals surface area contributed by atoms with Crippen molar-refractivity contribution in [2.45, 2.75) is 77.9 Å². The van der Waals surface area contributed by atoms with E-state index in [1.165, 1.54) is 29.0 Å². The zero-order chi connectivity index (χ0) is 25.6. The first-order valence-electron chi connectivity index (χ1n) is 12.1. The number of carbonyl (C=O) groups is 2. The molecule has 2 heterocycles. The van der Waals surface area contributed by atoms with E-state index in [2.05, 4.69) is 30.9 Å². The summed E-state index contributed by atoms with van der Waals surface area (Å²) in [6.07, 6.45) is 5.91. The molecule has 3 rings (SSSR count). The predicted molar refractivity (Wildman–Crippen MR) is 138 cm³/mol. The summed E-state index contributed by atoms with van der Waals surface area (Å²) >= 11 is 1.68. The van der Waals surface area contributed by atoms with Gasteiger partial charge in [-0.15, -0.1) is 11.3 Å². The lowest BCUT2D eigenvalue weighted by atomic mass is 9.85. The molecule has 0 spiro atoms. The standard InChI is InChI=1S/C24H37N7O3S/c1-7-18-28-19(13-20(29-18)30-22-27-14-17(35-22)16-9-8-10-16)25-11-12-26-21(32)15(2)31(6)23(33)34-24(3,4)5/h13-16H,7-12H2,1-6H3,(H,26,32)(H2,25,27,28,29,30)/t15-/m0/s1. The fourth-order valence-corrected chi connectivity index (χ4v) is 4.33. The van der Waals surface area contributed by atoms with Gasteiger partial charge in [-0.3, -0.25) is 9.69 Å². The Morgan fingerprint density at radius 2 is 1.94 bits per heavy atom. The monoisotopic (exact) mass is 503 g/mol. The Kier molecular flexibility index (Phi) is 8.87. The van der Waals surface area contributed by atoms with E-state index in [-0.39, 0.29) is 5.91 Å². The maximum Gasteiger partial charge on any atom is 0.410 e. The highest BCUT2D eigenvalue weighted by molar-refractivity contribution is 7.15. The van der Waals surface area contributed by atoms with Crippen molar-refractivity contribution < 1.29 is 14.3 Å². The second-order valence-electron chi connectivity index (χ2n) is 9.71. The first kappa shape index (κ1) is 26.7. The molecule has 0 saturated heterocycles. The molecular weight excluding hydrogens is 466 g/mol. The quantitative estimate of drug-likeness (QED) is 0.411. The third-order valence-corrected chi connectivity index (χ3v) is 6.80. The Hall–Kier alpha value is -2.95. The summed E-state index contributed by atoms with van der Waals surface area (Å²) in [7, 11) is 1.55. The molecular formula is C24H37N7O3S. The largest absolute Gasteiger partial charge is 0.444 e. The number of anilines is 3. The van der Waals surface area contributed by atoms with E-state index < -0.39 is 17.7 Å². The van der Waals surface area contributed by atoms with E-state index in [1.807, 2.05) is 19.2 Å². The zero-order valence-corrected chi connectivity index (χ0v) is 22.3. The highest BCUT2D eigenvalue weighted by Gasteiger charge is 2.26. The average molecular weight is 504 g/mol. The predicted octanol–water partition coefficient (Wildman–Crippen LogP) is 4.29. The van der Waals surface area contributed by atoms with Crippen molar-refractivity contribution >= 4 is 40.1 Å². The molecule has 35 heavy (non-hydrogen) atoms. The molecule has 1 aliphatic carbocycles. The maximum atomic E-state index is 12.5. The zero-order valence-electron chi connectivity index (χ0n) is 21.5. The van der Waals surface area contributed by atoms with Crippen LogP contribution < -0.4 is 16.0 Å². The molecule has 0 bridgehead atoms. The van der Waals surface area contributed by atoms with Crippen LogP contribution in [0.15, 0.2) is 12.3 Å². The number of hydrogen-bond acceptors (Lipinski definition) is 9. The van der Waals surface area contributed by atoms with Gasteiger partial charge in [0.2, 0.25) is 5.91 Å². The molecule has 0 aromatic carbocycles. The number of nitrogens with zero attached hydrogens (tertiary/aromatic N) is 4. The number of thiazole rings is 1. The first-order valence-corrected chi connectivity index (χ1v) is 13.0. The summed E-state index contributed by atoms with van der Waals surface area (Å²) in [6, 6.07) is 1.18. The van der Waals surface area contributed by atoms with E-state index in [1.54, 1.807) is 46.1 Å². The van der Waals surface area contributed by atoms with Crippen molar-refractivity contribution in [3.05, 3.63) is 23.0 Å². The molecule has 0 unspecified atom stereocenters. The number of hydrogen-bond donors (Lipinski definition) is 3. The van der Waals surface area contributed by atoms with Gasteiger partial charge in [-0.1, -0.05) is 13.3 Å². The summed E-state index contributed by atoms with van der Waals surface area (Å²) < 4.78 is 5.32. The van der Waals surface area contributed by atoms with E-state index in [4.69, 9.17) is 4.74 Å². The van der Waals surface area contributed by atoms with Crippen molar-refractivity contribution in [3.8, 4) is 0 Å². The minimum atomic E-state index is -0.658. The van der Waals surface area contributed by atoms with Crippen LogP contribution in [-0.4, -0.2) is 63.6 Å². The molecule has 1 aliphatic rings. The van der Waals surface area contributed by atoms with Crippen molar-refractivity contribution in [2.75, 3.05) is 30.8 Å². The van der Waals surface area contributed by atoms with Crippen LogP contribution in [0.5, 0.6) is 0 Å². The SMILES string of the molecule is CCc1nc(NCCNC(=O)[C@H](C)N(C)C(=O)OC(C)(C)C)cc(Nc2ncc(C3CCC3)s2)n1. The van der Waals surface area contributed by atoms with Crippen LogP contribution in [0, 0.1) is 0 Å². The summed E-state index contributed by atoms with van der Waals surface area (Å²) in [6.45, 7) is 9.87. The van der Waals surface area contributed by atoms with Gasteiger partial charge in [0.25, 0.3) is 0 Å². The van der Waals surface area contributed by atoms with Gasteiger partial charge in [0.05, 0.1) is 0 Å². The van der Waals surface area contributed by atoms with Gasteiger partial charge >= 0.3 is 6.09 Å². The van der Waals surface area contributed by atoms with Crippen molar-refractivity contribution in [2.24, 2.45) is 0 Å². The van der Waals surface area contributed by atoms with Crippen LogP contribution >= 0.6 is 11.3 Å². The molecule has 1 atom stereocenters. The van der Waals surface area contributed by atoms with Crippen LogP contribution in [0.3, 0.4) is 0 Å². The lowest BCUT2D eigenvalue weighted by Gasteiger charge is -2.28. The van der Waals surface area contributed by atoms with Crippen LogP contribution in [-0.2, 0) is 16.0 Å². The average Bonchev–Trinajstić information content (AvgIpc) is 3.20. The number of amides is 2. The third kappa shape index (κ3) is 7.78. The van der Waals surface area contributed by atoms with Gasteiger partial charge in [-0.2, -0.15) is 0 Å². The summed E-state index contributed by atoms with van der Waals surface area (Å²) in [5.74, 6) is 2.46. The van der Waals surface area contributed by atoms with Crippen molar-refractivity contribution in [3.63, 3.8) is 0 Å². The topological polar surface area (TPSA) is 121 Å². The Balaban J connectivity index is 1.49. The molecule has 0 radical (unpaired) electrons. The van der Waals surface area contributed by atoms with Gasteiger partial charge in [0.1, 0.15) is 29.1 Å². The Labute approximate surface area is 211 Å². The highest BCUT2D eigenvalue weighted by Crippen LogP contribution is 2.40. The molecule has 2 amide bonds. The second kappa shape index (κ2) is 11.7. The number of likely N-dealkylation sites (N-methyl/N-ethyl adjacent to an activating group) is 1.